The Morgan fingerprint density at radius 2 is 2.21 bits per heavy atom. The molecular weight excluding hydrogens is 170 g/mol. The van der Waals surface area contributed by atoms with Gasteiger partial charge < -0.3 is 0 Å². The molecule has 0 atom stereocenters. The van der Waals surface area contributed by atoms with Crippen molar-refractivity contribution in [1.82, 2.24) is 0 Å². The van der Waals surface area contributed by atoms with Gasteiger partial charge in [-0.15, -0.1) is 0 Å². The average molecular weight is 187 g/mol. The summed E-state index contributed by atoms with van der Waals surface area (Å²) in [6, 6.07) is 6.28. The third kappa shape index (κ3) is 2.11. The van der Waals surface area contributed by atoms with Crippen molar-refractivity contribution in [2.45, 2.75) is 20.3 Å². The summed E-state index contributed by atoms with van der Waals surface area (Å²) in [5, 5.41) is 0. The predicted octanol–water partition coefficient (Wildman–Crippen LogP) is 3.47. The molecule has 1 aromatic carbocycles. The molecule has 1 heteroatoms. The lowest BCUT2D eigenvalue weighted by atomic mass is 9.96. The van der Waals surface area contributed by atoms with Crippen LogP contribution in [0.4, 0.5) is 0 Å². The fraction of sp³-hybridized carbons (Fsp3) is 0.308. The van der Waals surface area contributed by atoms with E-state index in [1.165, 1.54) is 22.3 Å². The highest BCUT2D eigenvalue weighted by Gasteiger charge is 2.04. The van der Waals surface area contributed by atoms with Crippen LogP contribution in [0.15, 0.2) is 29.8 Å². The predicted molar refractivity (Wildman–Crippen MR) is 64.0 cm³/mol. The Morgan fingerprint density at radius 3 is 2.79 bits per heavy atom. The maximum Gasteiger partial charge on any atom is 0.0290 e. The second kappa shape index (κ2) is 4.75. The molecule has 0 aromatic heterocycles. The van der Waals surface area contributed by atoms with E-state index in [1.807, 2.05) is 6.21 Å². The third-order valence-electron chi connectivity index (χ3n) is 2.39. The summed E-state index contributed by atoms with van der Waals surface area (Å²) in [6.07, 6.45) is 2.89. The minimum atomic E-state index is 0.980. The summed E-state index contributed by atoms with van der Waals surface area (Å²) in [6.45, 7) is 8.29. The van der Waals surface area contributed by atoms with Crippen LogP contribution in [0.1, 0.15) is 30.0 Å². The van der Waals surface area contributed by atoms with Gasteiger partial charge >= 0.3 is 0 Å². The number of hydrogen-bond donors (Lipinski definition) is 0. The molecule has 74 valence electrons. The summed E-state index contributed by atoms with van der Waals surface area (Å²) < 4.78 is 0. The highest BCUT2D eigenvalue weighted by molar-refractivity contribution is 5.89. The van der Waals surface area contributed by atoms with Gasteiger partial charge in [0.15, 0.2) is 0 Å². The number of aliphatic imine (C=N–C) groups is 1. The van der Waals surface area contributed by atoms with Gasteiger partial charge in [-0.05, 0) is 30.0 Å². The number of allylic oxidation sites excluding steroid dienone is 1. The van der Waals surface area contributed by atoms with Gasteiger partial charge in [0.25, 0.3) is 0 Å². The van der Waals surface area contributed by atoms with Crippen molar-refractivity contribution in [2.24, 2.45) is 4.99 Å². The summed E-state index contributed by atoms with van der Waals surface area (Å²) in [5.41, 5.74) is 4.84. The number of benzene rings is 1. The minimum absolute atomic E-state index is 0.980. The maximum absolute atomic E-state index is 4.08. The van der Waals surface area contributed by atoms with Crippen LogP contribution in [-0.4, -0.2) is 13.3 Å². The van der Waals surface area contributed by atoms with Crippen molar-refractivity contribution < 1.29 is 0 Å². The van der Waals surface area contributed by atoms with Gasteiger partial charge in [-0.1, -0.05) is 31.7 Å². The summed E-state index contributed by atoms with van der Waals surface area (Å²) >= 11 is 0. The molecule has 0 bridgehead atoms. The van der Waals surface area contributed by atoms with E-state index in [4.69, 9.17) is 0 Å². The molecule has 1 rings (SSSR count). The van der Waals surface area contributed by atoms with E-state index in [9.17, 15) is 0 Å². The fourth-order valence-electron chi connectivity index (χ4n) is 1.48. The van der Waals surface area contributed by atoms with E-state index in [-0.39, 0.29) is 0 Å². The molecule has 0 spiro atoms. The molecule has 1 aromatic rings. The number of hydrogen-bond acceptors (Lipinski definition) is 1. The molecule has 0 N–H and O–H groups in total. The molecule has 0 amide bonds. The lowest BCUT2D eigenvalue weighted by Gasteiger charge is -2.09. The van der Waals surface area contributed by atoms with Crippen molar-refractivity contribution in [3.63, 3.8) is 0 Å². The first-order valence-corrected chi connectivity index (χ1v) is 4.90. The molecule has 0 radical (unpaired) electrons. The Kier molecular flexibility index (Phi) is 3.63. The highest BCUT2D eigenvalue weighted by atomic mass is 14.6. The number of nitrogens with zero attached hydrogens (tertiary/aromatic N) is 1. The number of aryl methyl sites for hydroxylation is 1. The zero-order valence-corrected chi connectivity index (χ0v) is 9.17. The number of rotatable bonds is 3. The van der Waals surface area contributed by atoms with Crippen LogP contribution in [0.5, 0.6) is 0 Å². The normalized spacial score (nSPS) is 10.8. The van der Waals surface area contributed by atoms with Gasteiger partial charge in [-0.3, -0.25) is 4.99 Å². The molecule has 0 aliphatic rings. The molecular formula is C13H17N. The first-order chi connectivity index (χ1) is 6.70. The molecule has 0 fully saturated rings. The van der Waals surface area contributed by atoms with E-state index in [0.717, 1.165) is 6.42 Å². The van der Waals surface area contributed by atoms with Crippen LogP contribution in [0.3, 0.4) is 0 Å². The SMILES string of the molecule is C=C(CC)c1cccc(C)c1C=NC. The largest absolute Gasteiger partial charge is 0.296 e. The van der Waals surface area contributed by atoms with Crippen LogP contribution in [0.2, 0.25) is 0 Å². The Labute approximate surface area is 86.2 Å². The first kappa shape index (κ1) is 10.7. The van der Waals surface area contributed by atoms with Gasteiger partial charge in [-0.25, -0.2) is 0 Å². The van der Waals surface area contributed by atoms with Crippen molar-refractivity contribution in [2.75, 3.05) is 7.05 Å². The fourth-order valence-corrected chi connectivity index (χ4v) is 1.48. The van der Waals surface area contributed by atoms with E-state index < -0.39 is 0 Å². The van der Waals surface area contributed by atoms with Crippen LogP contribution < -0.4 is 0 Å². The van der Waals surface area contributed by atoms with Gasteiger partial charge in [0.1, 0.15) is 0 Å². The zero-order valence-electron chi connectivity index (χ0n) is 9.17. The zero-order chi connectivity index (χ0) is 10.6. The lowest BCUT2D eigenvalue weighted by molar-refractivity contribution is 1.24. The van der Waals surface area contributed by atoms with Crippen LogP contribution in [0, 0.1) is 6.92 Å². The Balaban J connectivity index is 3.27. The molecule has 0 unspecified atom stereocenters. The van der Waals surface area contributed by atoms with E-state index >= 15 is 0 Å². The summed E-state index contributed by atoms with van der Waals surface area (Å²) in [5.74, 6) is 0. The van der Waals surface area contributed by atoms with E-state index in [0.29, 0.717) is 0 Å². The Morgan fingerprint density at radius 1 is 1.50 bits per heavy atom. The van der Waals surface area contributed by atoms with Crippen LogP contribution >= 0.6 is 0 Å². The molecule has 0 saturated carbocycles. The van der Waals surface area contributed by atoms with Gasteiger partial charge in [0, 0.05) is 18.8 Å². The summed E-state index contributed by atoms with van der Waals surface area (Å²) in [7, 11) is 1.80. The Bertz CT molecular complexity index is 361. The quantitative estimate of drug-likeness (QED) is 0.642. The van der Waals surface area contributed by atoms with Crippen LogP contribution in [0.25, 0.3) is 5.57 Å². The van der Waals surface area contributed by atoms with Crippen molar-refractivity contribution in [1.29, 1.82) is 0 Å². The first-order valence-electron chi connectivity index (χ1n) is 4.90. The van der Waals surface area contributed by atoms with E-state index in [1.54, 1.807) is 7.05 Å². The van der Waals surface area contributed by atoms with Gasteiger partial charge in [0.05, 0.1) is 0 Å². The molecule has 0 heterocycles. The second-order valence-electron chi connectivity index (χ2n) is 3.38. The van der Waals surface area contributed by atoms with Crippen molar-refractivity contribution in [3.8, 4) is 0 Å². The van der Waals surface area contributed by atoms with Crippen molar-refractivity contribution in [3.05, 3.63) is 41.5 Å². The topological polar surface area (TPSA) is 12.4 Å². The van der Waals surface area contributed by atoms with E-state index in [2.05, 4.69) is 43.6 Å². The lowest BCUT2D eigenvalue weighted by Crippen LogP contribution is -1.94. The third-order valence-corrected chi connectivity index (χ3v) is 2.39. The highest BCUT2D eigenvalue weighted by Crippen LogP contribution is 2.21. The maximum atomic E-state index is 4.08. The molecule has 0 saturated heterocycles. The van der Waals surface area contributed by atoms with Crippen molar-refractivity contribution >= 4 is 11.8 Å². The molecule has 0 aliphatic heterocycles. The van der Waals surface area contributed by atoms with Gasteiger partial charge in [0.2, 0.25) is 0 Å². The standard InChI is InChI=1S/C13H17N/c1-5-10(2)12-8-6-7-11(3)13(12)9-14-4/h6-9H,2,5H2,1,3-4H3. The summed E-state index contributed by atoms with van der Waals surface area (Å²) in [4.78, 5) is 4.08. The minimum Gasteiger partial charge on any atom is -0.296 e. The molecule has 1 nitrogen and oxygen atoms in total. The monoisotopic (exact) mass is 187 g/mol. The van der Waals surface area contributed by atoms with Crippen LogP contribution in [-0.2, 0) is 0 Å². The average Bonchev–Trinajstić information content (AvgIpc) is 2.20. The second-order valence-corrected chi connectivity index (χ2v) is 3.38. The van der Waals surface area contributed by atoms with Gasteiger partial charge in [-0.2, -0.15) is 0 Å². The molecule has 14 heavy (non-hydrogen) atoms. The Hall–Kier alpha value is -1.37. The molecule has 0 aliphatic carbocycles. The smallest absolute Gasteiger partial charge is 0.0290 e.